The molecular formula is C16H17ClN4O4. The van der Waals surface area contributed by atoms with Gasteiger partial charge >= 0.3 is 11.7 Å². The summed E-state index contributed by atoms with van der Waals surface area (Å²) < 4.78 is 5.28. The van der Waals surface area contributed by atoms with Crippen LogP contribution in [0.4, 0.5) is 17.2 Å². The number of carbonyl (C=O) groups is 1. The Kier molecular flexibility index (Phi) is 5.53. The predicted molar refractivity (Wildman–Crippen MR) is 93.0 cm³/mol. The van der Waals surface area contributed by atoms with Crippen LogP contribution in [0.25, 0.3) is 0 Å². The molecule has 0 aliphatic rings. The second-order valence-corrected chi connectivity index (χ2v) is 6.56. The molecule has 0 atom stereocenters. The first kappa shape index (κ1) is 18.6. The second-order valence-electron chi connectivity index (χ2n) is 6.22. The molecule has 9 heteroatoms. The number of rotatable bonds is 5. The fraction of sp³-hybridized carbons (Fsp3) is 0.312. The monoisotopic (exact) mass is 364 g/mol. The maximum Gasteiger partial charge on any atom is 0.329 e. The van der Waals surface area contributed by atoms with E-state index in [9.17, 15) is 14.9 Å². The molecule has 0 aliphatic carbocycles. The Balaban J connectivity index is 2.19. The van der Waals surface area contributed by atoms with Crippen LogP contribution in [0.1, 0.15) is 26.3 Å². The van der Waals surface area contributed by atoms with E-state index < -0.39 is 10.5 Å². The number of esters is 1. The van der Waals surface area contributed by atoms with E-state index in [2.05, 4.69) is 15.3 Å². The maximum atomic E-state index is 11.9. The van der Waals surface area contributed by atoms with Gasteiger partial charge in [0, 0.05) is 5.69 Å². The van der Waals surface area contributed by atoms with E-state index in [0.29, 0.717) is 11.3 Å². The summed E-state index contributed by atoms with van der Waals surface area (Å²) in [5, 5.41) is 13.8. The van der Waals surface area contributed by atoms with E-state index in [1.807, 2.05) is 0 Å². The topological polar surface area (TPSA) is 107 Å². The lowest BCUT2D eigenvalue weighted by molar-refractivity contribution is -0.384. The van der Waals surface area contributed by atoms with Gasteiger partial charge in [0.15, 0.2) is 0 Å². The van der Waals surface area contributed by atoms with Gasteiger partial charge in [-0.2, -0.15) is 4.98 Å². The van der Waals surface area contributed by atoms with E-state index in [1.165, 1.54) is 0 Å². The third kappa shape index (κ3) is 5.68. The zero-order valence-electron chi connectivity index (χ0n) is 13.9. The summed E-state index contributed by atoms with van der Waals surface area (Å²) in [6, 6.07) is 6.86. The Bertz CT molecular complexity index is 805. The van der Waals surface area contributed by atoms with Crippen LogP contribution in [0.5, 0.6) is 0 Å². The van der Waals surface area contributed by atoms with E-state index in [4.69, 9.17) is 16.3 Å². The van der Waals surface area contributed by atoms with Crippen LogP contribution in [0, 0.1) is 10.1 Å². The summed E-state index contributed by atoms with van der Waals surface area (Å²) in [7, 11) is 0. The highest BCUT2D eigenvalue weighted by Crippen LogP contribution is 2.26. The summed E-state index contributed by atoms with van der Waals surface area (Å²) in [6.07, 6.45) is 1.11. The van der Waals surface area contributed by atoms with Crippen molar-refractivity contribution in [2.75, 3.05) is 5.32 Å². The number of nitro groups is 1. The lowest BCUT2D eigenvalue weighted by Crippen LogP contribution is -2.24. The van der Waals surface area contributed by atoms with Crippen LogP contribution in [0.2, 0.25) is 5.28 Å². The summed E-state index contributed by atoms with van der Waals surface area (Å²) in [6.45, 7) is 5.38. The van der Waals surface area contributed by atoms with Crippen molar-refractivity contribution in [1.29, 1.82) is 0 Å². The van der Waals surface area contributed by atoms with Gasteiger partial charge in [-0.25, -0.2) is 4.98 Å². The molecule has 0 fully saturated rings. The SMILES string of the molecule is CC(C)(C)OC(=O)Cc1cccc(Nc2nc(Cl)ncc2[N+](=O)[O-])c1. The molecule has 1 aromatic carbocycles. The fourth-order valence-corrected chi connectivity index (χ4v) is 2.15. The van der Waals surface area contributed by atoms with Crippen molar-refractivity contribution in [2.24, 2.45) is 0 Å². The Labute approximate surface area is 149 Å². The number of halogens is 1. The minimum Gasteiger partial charge on any atom is -0.460 e. The Hall–Kier alpha value is -2.74. The Morgan fingerprint density at radius 3 is 2.76 bits per heavy atom. The van der Waals surface area contributed by atoms with Crippen LogP contribution < -0.4 is 5.32 Å². The lowest BCUT2D eigenvalue weighted by atomic mass is 10.1. The van der Waals surface area contributed by atoms with Crippen molar-refractivity contribution in [2.45, 2.75) is 32.8 Å². The van der Waals surface area contributed by atoms with Crippen LogP contribution in [-0.4, -0.2) is 26.5 Å². The van der Waals surface area contributed by atoms with Gasteiger partial charge in [0.1, 0.15) is 11.8 Å². The van der Waals surface area contributed by atoms with E-state index in [-0.39, 0.29) is 29.2 Å². The molecule has 8 nitrogen and oxygen atoms in total. The highest BCUT2D eigenvalue weighted by Gasteiger charge is 2.18. The van der Waals surface area contributed by atoms with Crippen molar-refractivity contribution in [1.82, 2.24) is 9.97 Å². The highest BCUT2D eigenvalue weighted by molar-refractivity contribution is 6.28. The Morgan fingerprint density at radius 2 is 2.12 bits per heavy atom. The van der Waals surface area contributed by atoms with Crippen molar-refractivity contribution in [3.8, 4) is 0 Å². The van der Waals surface area contributed by atoms with E-state index in [0.717, 1.165) is 6.20 Å². The van der Waals surface area contributed by atoms with Gasteiger partial charge in [0.2, 0.25) is 11.1 Å². The number of benzene rings is 1. The number of carbonyl (C=O) groups excluding carboxylic acids is 1. The summed E-state index contributed by atoms with van der Waals surface area (Å²) in [4.78, 5) is 29.8. The van der Waals surface area contributed by atoms with E-state index in [1.54, 1.807) is 45.0 Å². The molecule has 25 heavy (non-hydrogen) atoms. The van der Waals surface area contributed by atoms with Gasteiger partial charge in [0.25, 0.3) is 0 Å². The molecule has 0 spiro atoms. The fourth-order valence-electron chi connectivity index (χ4n) is 2.02. The average Bonchev–Trinajstić information content (AvgIpc) is 2.45. The van der Waals surface area contributed by atoms with Crippen LogP contribution in [0.15, 0.2) is 30.5 Å². The van der Waals surface area contributed by atoms with Crippen molar-refractivity contribution >= 4 is 34.8 Å². The van der Waals surface area contributed by atoms with Gasteiger partial charge in [-0.05, 0) is 50.1 Å². The lowest BCUT2D eigenvalue weighted by Gasteiger charge is -2.19. The van der Waals surface area contributed by atoms with Gasteiger partial charge in [-0.1, -0.05) is 12.1 Å². The number of ether oxygens (including phenoxy) is 1. The van der Waals surface area contributed by atoms with Gasteiger partial charge < -0.3 is 10.1 Å². The molecule has 0 saturated carbocycles. The van der Waals surface area contributed by atoms with Crippen LogP contribution >= 0.6 is 11.6 Å². The molecule has 2 aromatic rings. The molecular weight excluding hydrogens is 348 g/mol. The molecule has 0 bridgehead atoms. The number of anilines is 2. The van der Waals surface area contributed by atoms with E-state index >= 15 is 0 Å². The number of aromatic nitrogens is 2. The first-order chi connectivity index (χ1) is 11.6. The molecule has 1 heterocycles. The standard InChI is InChI=1S/C16H17ClN4O4/c1-16(2,3)25-13(22)8-10-5-4-6-11(7-10)19-14-12(21(23)24)9-18-15(17)20-14/h4-7,9H,8H2,1-3H3,(H,18,19,20). The predicted octanol–water partition coefficient (Wildman–Crippen LogP) is 3.67. The number of hydrogen-bond acceptors (Lipinski definition) is 7. The number of nitrogens with zero attached hydrogens (tertiary/aromatic N) is 3. The smallest absolute Gasteiger partial charge is 0.329 e. The molecule has 0 unspecified atom stereocenters. The minimum atomic E-state index is -0.608. The molecule has 1 aromatic heterocycles. The zero-order chi connectivity index (χ0) is 18.6. The van der Waals surface area contributed by atoms with Gasteiger partial charge in [-0.3, -0.25) is 14.9 Å². The third-order valence-corrected chi connectivity index (χ3v) is 3.08. The molecule has 132 valence electrons. The molecule has 2 rings (SSSR count). The Morgan fingerprint density at radius 1 is 1.40 bits per heavy atom. The largest absolute Gasteiger partial charge is 0.460 e. The van der Waals surface area contributed by atoms with Crippen molar-refractivity contribution in [3.63, 3.8) is 0 Å². The third-order valence-electron chi connectivity index (χ3n) is 2.89. The normalized spacial score (nSPS) is 11.0. The van der Waals surface area contributed by atoms with Crippen molar-refractivity contribution in [3.05, 3.63) is 51.4 Å². The first-order valence-electron chi connectivity index (χ1n) is 7.39. The average molecular weight is 365 g/mol. The summed E-state index contributed by atoms with van der Waals surface area (Å²) in [5.41, 5.74) is 0.355. The number of hydrogen-bond donors (Lipinski definition) is 1. The molecule has 0 aliphatic heterocycles. The summed E-state index contributed by atoms with van der Waals surface area (Å²) >= 11 is 5.70. The second kappa shape index (κ2) is 7.43. The molecule has 0 amide bonds. The zero-order valence-corrected chi connectivity index (χ0v) is 14.7. The number of nitrogens with one attached hydrogen (secondary N) is 1. The molecule has 0 radical (unpaired) electrons. The van der Waals surface area contributed by atoms with Crippen LogP contribution in [-0.2, 0) is 16.0 Å². The van der Waals surface area contributed by atoms with Crippen LogP contribution in [0.3, 0.4) is 0 Å². The highest BCUT2D eigenvalue weighted by atomic mass is 35.5. The van der Waals surface area contributed by atoms with Gasteiger partial charge in [0.05, 0.1) is 11.3 Å². The minimum absolute atomic E-state index is 0.0283. The van der Waals surface area contributed by atoms with Crippen molar-refractivity contribution < 1.29 is 14.5 Å². The molecule has 1 N–H and O–H groups in total. The van der Waals surface area contributed by atoms with Gasteiger partial charge in [-0.15, -0.1) is 0 Å². The molecule has 0 saturated heterocycles. The quantitative estimate of drug-likeness (QED) is 0.373. The maximum absolute atomic E-state index is 11.9. The summed E-state index contributed by atoms with van der Waals surface area (Å²) in [5.74, 6) is -0.389. The first-order valence-corrected chi connectivity index (χ1v) is 7.76.